The van der Waals surface area contributed by atoms with Crippen LogP contribution in [-0.2, 0) is 9.53 Å². The highest BCUT2D eigenvalue weighted by molar-refractivity contribution is 6.29. The molecule has 4 nitrogen and oxygen atoms in total. The standard InChI is InChI=1S/C12H19ClN2O2/c1-10(13)9-14-4-6-15(7-5-14)12(16)11-3-2-8-17-11/h11H,1-9H2. The van der Waals surface area contributed by atoms with Crippen LogP contribution in [0.3, 0.4) is 0 Å². The number of rotatable bonds is 3. The molecule has 1 amide bonds. The van der Waals surface area contributed by atoms with Crippen molar-refractivity contribution in [3.05, 3.63) is 11.6 Å². The SMILES string of the molecule is C=C(Cl)CN1CCN(C(=O)C2CCCO2)CC1. The Morgan fingerprint density at radius 1 is 1.35 bits per heavy atom. The first kappa shape index (κ1) is 12.9. The van der Waals surface area contributed by atoms with Gasteiger partial charge in [-0.2, -0.15) is 0 Å². The number of halogens is 1. The first-order valence-corrected chi connectivity index (χ1v) is 6.50. The Balaban J connectivity index is 1.78. The molecule has 2 aliphatic heterocycles. The normalized spacial score (nSPS) is 26.2. The van der Waals surface area contributed by atoms with Gasteiger partial charge in [0.05, 0.1) is 0 Å². The molecule has 1 atom stereocenters. The van der Waals surface area contributed by atoms with E-state index in [4.69, 9.17) is 16.3 Å². The minimum atomic E-state index is -0.190. The van der Waals surface area contributed by atoms with Crippen LogP contribution in [0.5, 0.6) is 0 Å². The van der Waals surface area contributed by atoms with Gasteiger partial charge in [-0.05, 0) is 12.8 Å². The third-order valence-corrected chi connectivity index (χ3v) is 3.40. The van der Waals surface area contributed by atoms with E-state index < -0.39 is 0 Å². The van der Waals surface area contributed by atoms with Crippen molar-refractivity contribution in [2.24, 2.45) is 0 Å². The fourth-order valence-corrected chi connectivity index (χ4v) is 2.51. The van der Waals surface area contributed by atoms with Crippen LogP contribution in [-0.4, -0.2) is 61.1 Å². The van der Waals surface area contributed by atoms with Gasteiger partial charge in [0, 0.05) is 44.4 Å². The highest BCUT2D eigenvalue weighted by Crippen LogP contribution is 2.16. The topological polar surface area (TPSA) is 32.8 Å². The van der Waals surface area contributed by atoms with Gasteiger partial charge < -0.3 is 9.64 Å². The molecule has 96 valence electrons. The van der Waals surface area contributed by atoms with E-state index in [0.29, 0.717) is 11.6 Å². The molecule has 0 aromatic carbocycles. The van der Waals surface area contributed by atoms with Crippen molar-refractivity contribution in [1.29, 1.82) is 0 Å². The molecule has 1 unspecified atom stereocenters. The van der Waals surface area contributed by atoms with Gasteiger partial charge in [0.2, 0.25) is 0 Å². The van der Waals surface area contributed by atoms with Gasteiger partial charge in [-0.25, -0.2) is 0 Å². The molecule has 0 radical (unpaired) electrons. The van der Waals surface area contributed by atoms with E-state index in [9.17, 15) is 4.79 Å². The van der Waals surface area contributed by atoms with Crippen molar-refractivity contribution in [1.82, 2.24) is 9.80 Å². The summed E-state index contributed by atoms with van der Waals surface area (Å²) in [5, 5.41) is 0.656. The fourth-order valence-electron chi connectivity index (χ4n) is 2.35. The van der Waals surface area contributed by atoms with Crippen molar-refractivity contribution in [3.63, 3.8) is 0 Å². The number of carbonyl (C=O) groups excluding carboxylic acids is 1. The number of piperazine rings is 1. The Morgan fingerprint density at radius 3 is 2.59 bits per heavy atom. The van der Waals surface area contributed by atoms with Crippen LogP contribution in [0.4, 0.5) is 0 Å². The second kappa shape index (κ2) is 5.85. The third-order valence-electron chi connectivity index (χ3n) is 3.28. The maximum absolute atomic E-state index is 12.1. The monoisotopic (exact) mass is 258 g/mol. The predicted molar refractivity (Wildman–Crippen MR) is 67.0 cm³/mol. The molecular formula is C12H19ClN2O2. The molecule has 0 bridgehead atoms. The van der Waals surface area contributed by atoms with E-state index in [2.05, 4.69) is 11.5 Å². The molecule has 17 heavy (non-hydrogen) atoms. The van der Waals surface area contributed by atoms with E-state index in [1.54, 1.807) is 0 Å². The molecule has 0 aromatic rings. The van der Waals surface area contributed by atoms with Crippen molar-refractivity contribution >= 4 is 17.5 Å². The van der Waals surface area contributed by atoms with Crippen LogP contribution in [0.2, 0.25) is 0 Å². The summed E-state index contributed by atoms with van der Waals surface area (Å²) in [5.74, 6) is 0.159. The van der Waals surface area contributed by atoms with Crippen molar-refractivity contribution < 1.29 is 9.53 Å². The van der Waals surface area contributed by atoms with Gasteiger partial charge >= 0.3 is 0 Å². The summed E-state index contributed by atoms with van der Waals surface area (Å²) in [7, 11) is 0. The molecule has 5 heteroatoms. The second-order valence-corrected chi connectivity index (χ2v) is 5.15. The highest BCUT2D eigenvalue weighted by atomic mass is 35.5. The molecule has 0 N–H and O–H groups in total. The summed E-state index contributed by atoms with van der Waals surface area (Å²) in [4.78, 5) is 16.2. The lowest BCUT2D eigenvalue weighted by atomic mass is 10.2. The Hall–Kier alpha value is -0.580. The van der Waals surface area contributed by atoms with E-state index in [1.807, 2.05) is 4.90 Å². The fraction of sp³-hybridized carbons (Fsp3) is 0.750. The lowest BCUT2D eigenvalue weighted by molar-refractivity contribution is -0.142. The Morgan fingerprint density at radius 2 is 2.06 bits per heavy atom. The molecule has 0 aromatic heterocycles. The van der Waals surface area contributed by atoms with Crippen LogP contribution in [0.1, 0.15) is 12.8 Å². The summed E-state index contributed by atoms with van der Waals surface area (Å²) >= 11 is 5.78. The van der Waals surface area contributed by atoms with Gasteiger partial charge in [-0.3, -0.25) is 9.69 Å². The molecular weight excluding hydrogens is 240 g/mol. The summed E-state index contributed by atoms with van der Waals surface area (Å²) in [5.41, 5.74) is 0. The second-order valence-electron chi connectivity index (χ2n) is 4.62. The number of hydrogen-bond acceptors (Lipinski definition) is 3. The van der Waals surface area contributed by atoms with Gasteiger partial charge in [-0.15, -0.1) is 0 Å². The smallest absolute Gasteiger partial charge is 0.251 e. The lowest BCUT2D eigenvalue weighted by Gasteiger charge is -2.35. The molecule has 0 aliphatic carbocycles. The van der Waals surface area contributed by atoms with Crippen LogP contribution in [0, 0.1) is 0 Å². The predicted octanol–water partition coefficient (Wildman–Crippen LogP) is 1.06. The molecule has 2 rings (SSSR count). The average molecular weight is 259 g/mol. The zero-order chi connectivity index (χ0) is 12.3. The summed E-state index contributed by atoms with van der Waals surface area (Å²) in [6.07, 6.45) is 1.68. The lowest BCUT2D eigenvalue weighted by Crippen LogP contribution is -2.51. The van der Waals surface area contributed by atoms with E-state index >= 15 is 0 Å². The van der Waals surface area contributed by atoms with E-state index in [1.165, 1.54) is 0 Å². The number of nitrogens with zero attached hydrogens (tertiary/aromatic N) is 2. The Labute approximate surface area is 107 Å². The van der Waals surface area contributed by atoms with Crippen LogP contribution < -0.4 is 0 Å². The van der Waals surface area contributed by atoms with Gasteiger partial charge in [0.1, 0.15) is 6.10 Å². The van der Waals surface area contributed by atoms with Gasteiger partial charge in [-0.1, -0.05) is 18.2 Å². The first-order valence-electron chi connectivity index (χ1n) is 6.13. The van der Waals surface area contributed by atoms with Crippen LogP contribution in [0.15, 0.2) is 11.6 Å². The molecule has 2 saturated heterocycles. The first-order chi connectivity index (χ1) is 8.16. The molecule has 0 spiro atoms. The Bertz CT molecular complexity index is 295. The van der Waals surface area contributed by atoms with E-state index in [-0.39, 0.29) is 12.0 Å². The summed E-state index contributed by atoms with van der Waals surface area (Å²) in [6, 6.07) is 0. The maximum atomic E-state index is 12.1. The average Bonchev–Trinajstić information content (AvgIpc) is 2.82. The maximum Gasteiger partial charge on any atom is 0.251 e. The third kappa shape index (κ3) is 3.44. The van der Waals surface area contributed by atoms with Crippen LogP contribution >= 0.6 is 11.6 Å². The van der Waals surface area contributed by atoms with E-state index in [0.717, 1.165) is 45.6 Å². The van der Waals surface area contributed by atoms with Crippen molar-refractivity contribution in [3.8, 4) is 0 Å². The minimum absolute atomic E-state index is 0.159. The number of amides is 1. The quantitative estimate of drug-likeness (QED) is 0.759. The molecule has 0 saturated carbocycles. The summed E-state index contributed by atoms with van der Waals surface area (Å²) in [6.45, 7) is 8.39. The zero-order valence-corrected chi connectivity index (χ0v) is 10.8. The van der Waals surface area contributed by atoms with Crippen molar-refractivity contribution in [2.75, 3.05) is 39.3 Å². The van der Waals surface area contributed by atoms with Gasteiger partial charge in [0.25, 0.3) is 5.91 Å². The molecule has 2 fully saturated rings. The molecule has 2 heterocycles. The largest absolute Gasteiger partial charge is 0.368 e. The zero-order valence-electron chi connectivity index (χ0n) is 10.0. The number of hydrogen-bond donors (Lipinski definition) is 0. The van der Waals surface area contributed by atoms with Gasteiger partial charge in [0.15, 0.2) is 0 Å². The Kier molecular flexibility index (Phi) is 4.42. The molecule has 2 aliphatic rings. The minimum Gasteiger partial charge on any atom is -0.368 e. The van der Waals surface area contributed by atoms with Crippen LogP contribution in [0.25, 0.3) is 0 Å². The summed E-state index contributed by atoms with van der Waals surface area (Å²) < 4.78 is 5.42. The number of ether oxygens (including phenoxy) is 1. The number of carbonyl (C=O) groups is 1. The van der Waals surface area contributed by atoms with Crippen molar-refractivity contribution in [2.45, 2.75) is 18.9 Å². The highest BCUT2D eigenvalue weighted by Gasteiger charge is 2.30.